The Morgan fingerprint density at radius 3 is 2.95 bits per heavy atom. The van der Waals surface area contributed by atoms with Crippen LogP contribution < -0.4 is 0 Å². The van der Waals surface area contributed by atoms with E-state index in [1.807, 2.05) is 11.9 Å². The predicted molar refractivity (Wildman–Crippen MR) is 71.8 cm³/mol. The number of aliphatic carboxylic acids is 1. The summed E-state index contributed by atoms with van der Waals surface area (Å²) < 4.78 is 0. The average Bonchev–Trinajstić information content (AvgIpc) is 2.42. The van der Waals surface area contributed by atoms with E-state index in [0.717, 1.165) is 44.3 Å². The summed E-state index contributed by atoms with van der Waals surface area (Å²) in [6.45, 7) is 0.872. The number of carboxylic acids is 1. The first kappa shape index (κ1) is 13.9. The van der Waals surface area contributed by atoms with Crippen LogP contribution in [0.1, 0.15) is 37.8 Å². The van der Waals surface area contributed by atoms with Gasteiger partial charge in [-0.15, -0.1) is 0 Å². The van der Waals surface area contributed by atoms with Gasteiger partial charge < -0.3 is 5.11 Å². The van der Waals surface area contributed by atoms with E-state index in [2.05, 4.69) is 9.97 Å². The molecule has 0 saturated carbocycles. The molecule has 1 fully saturated rings. The van der Waals surface area contributed by atoms with Crippen LogP contribution in [-0.4, -0.2) is 45.1 Å². The maximum Gasteiger partial charge on any atom is 0.324 e. The minimum Gasteiger partial charge on any atom is -0.480 e. The van der Waals surface area contributed by atoms with Crippen molar-refractivity contribution >= 4 is 5.97 Å². The van der Waals surface area contributed by atoms with Crippen LogP contribution in [0, 0.1) is 0 Å². The van der Waals surface area contributed by atoms with Crippen molar-refractivity contribution in [1.82, 2.24) is 14.9 Å². The lowest BCUT2D eigenvalue weighted by molar-refractivity contribution is -0.153. The molecular weight excluding hydrogens is 242 g/mol. The molecule has 5 heteroatoms. The monoisotopic (exact) mass is 263 g/mol. The number of carboxylic acid groups (broad SMARTS) is 1. The lowest BCUT2D eigenvalue weighted by atomic mass is 9.82. The summed E-state index contributed by atoms with van der Waals surface area (Å²) in [6.07, 6.45) is 10.2. The molecule has 1 aliphatic heterocycles. The third-order valence-electron chi connectivity index (χ3n) is 4.10. The summed E-state index contributed by atoms with van der Waals surface area (Å²) in [6, 6.07) is 0. The van der Waals surface area contributed by atoms with Crippen molar-refractivity contribution in [1.29, 1.82) is 0 Å². The van der Waals surface area contributed by atoms with Crippen LogP contribution in [0.3, 0.4) is 0 Å². The number of rotatable bonds is 5. The zero-order valence-electron chi connectivity index (χ0n) is 11.4. The summed E-state index contributed by atoms with van der Waals surface area (Å²) >= 11 is 0. The summed E-state index contributed by atoms with van der Waals surface area (Å²) in [5, 5.41) is 9.59. The molecule has 5 nitrogen and oxygen atoms in total. The van der Waals surface area contributed by atoms with Crippen molar-refractivity contribution in [2.45, 2.75) is 44.1 Å². The maximum atomic E-state index is 11.7. The van der Waals surface area contributed by atoms with Crippen molar-refractivity contribution < 1.29 is 9.90 Å². The van der Waals surface area contributed by atoms with Crippen LogP contribution in [0.5, 0.6) is 0 Å². The fourth-order valence-electron chi connectivity index (χ4n) is 2.89. The highest BCUT2D eigenvalue weighted by Crippen LogP contribution is 2.32. The van der Waals surface area contributed by atoms with Gasteiger partial charge in [-0.05, 0) is 52.1 Å². The van der Waals surface area contributed by atoms with Crippen LogP contribution in [0.4, 0.5) is 0 Å². The van der Waals surface area contributed by atoms with Crippen LogP contribution >= 0.6 is 0 Å². The first-order valence-electron chi connectivity index (χ1n) is 6.85. The molecule has 19 heavy (non-hydrogen) atoms. The van der Waals surface area contributed by atoms with Gasteiger partial charge in [-0.1, -0.05) is 0 Å². The van der Waals surface area contributed by atoms with Crippen LogP contribution in [0.25, 0.3) is 0 Å². The van der Waals surface area contributed by atoms with E-state index < -0.39 is 11.5 Å². The summed E-state index contributed by atoms with van der Waals surface area (Å²) in [5.74, 6) is -0.686. The molecule has 104 valence electrons. The normalized spacial score (nSPS) is 24.3. The highest BCUT2D eigenvalue weighted by atomic mass is 16.4. The van der Waals surface area contributed by atoms with Gasteiger partial charge in [-0.3, -0.25) is 19.7 Å². The van der Waals surface area contributed by atoms with E-state index in [0.29, 0.717) is 6.42 Å². The van der Waals surface area contributed by atoms with Gasteiger partial charge in [0.15, 0.2) is 0 Å². The number of hydrogen-bond acceptors (Lipinski definition) is 4. The fourth-order valence-corrected chi connectivity index (χ4v) is 2.89. The SMILES string of the molecule is CN1CCCC[C@]1(CCCc1cnccn1)C(=O)O. The van der Waals surface area contributed by atoms with Crippen molar-refractivity contribution in [3.63, 3.8) is 0 Å². The van der Waals surface area contributed by atoms with E-state index in [4.69, 9.17) is 0 Å². The molecule has 0 aliphatic carbocycles. The molecule has 1 aromatic heterocycles. The highest BCUT2D eigenvalue weighted by molar-refractivity contribution is 5.78. The number of aryl methyl sites for hydroxylation is 1. The molecular formula is C14H21N3O2. The first-order valence-corrected chi connectivity index (χ1v) is 6.85. The molecule has 1 saturated heterocycles. The maximum absolute atomic E-state index is 11.7. The molecule has 0 amide bonds. The molecule has 2 rings (SSSR count). The molecule has 0 spiro atoms. The van der Waals surface area contributed by atoms with E-state index >= 15 is 0 Å². The lowest BCUT2D eigenvalue weighted by Gasteiger charge is -2.42. The average molecular weight is 263 g/mol. The molecule has 2 heterocycles. The van der Waals surface area contributed by atoms with Gasteiger partial charge in [0.25, 0.3) is 0 Å². The van der Waals surface area contributed by atoms with E-state index in [1.54, 1.807) is 18.6 Å². The van der Waals surface area contributed by atoms with Crippen molar-refractivity contribution in [2.24, 2.45) is 0 Å². The van der Waals surface area contributed by atoms with Gasteiger partial charge in [0.05, 0.1) is 5.69 Å². The van der Waals surface area contributed by atoms with Crippen LogP contribution in [0.15, 0.2) is 18.6 Å². The Morgan fingerprint density at radius 1 is 1.47 bits per heavy atom. The largest absolute Gasteiger partial charge is 0.480 e. The number of likely N-dealkylation sites (N-methyl/N-ethyl adjacent to an activating group) is 1. The Labute approximate surface area is 113 Å². The van der Waals surface area contributed by atoms with Crippen LogP contribution in [-0.2, 0) is 11.2 Å². The predicted octanol–water partition coefficient (Wildman–Crippen LogP) is 1.74. The van der Waals surface area contributed by atoms with Gasteiger partial charge in [-0.25, -0.2) is 0 Å². The number of piperidine rings is 1. The zero-order chi connectivity index (χ0) is 13.7. The van der Waals surface area contributed by atoms with Gasteiger partial charge in [0, 0.05) is 18.6 Å². The second-order valence-corrected chi connectivity index (χ2v) is 5.27. The quantitative estimate of drug-likeness (QED) is 0.876. The van der Waals surface area contributed by atoms with Crippen molar-refractivity contribution in [3.8, 4) is 0 Å². The zero-order valence-corrected chi connectivity index (χ0v) is 11.4. The number of aromatic nitrogens is 2. The summed E-state index contributed by atoms with van der Waals surface area (Å²) in [7, 11) is 1.93. The Bertz CT molecular complexity index is 424. The molecule has 1 aromatic rings. The summed E-state index contributed by atoms with van der Waals surface area (Å²) in [4.78, 5) is 21.9. The first-order chi connectivity index (χ1) is 9.15. The van der Waals surface area contributed by atoms with Gasteiger partial charge in [0.2, 0.25) is 0 Å². The van der Waals surface area contributed by atoms with Crippen molar-refractivity contribution in [3.05, 3.63) is 24.3 Å². The highest BCUT2D eigenvalue weighted by Gasteiger charge is 2.43. The Balaban J connectivity index is 1.96. The van der Waals surface area contributed by atoms with E-state index in [-0.39, 0.29) is 0 Å². The van der Waals surface area contributed by atoms with E-state index in [1.165, 1.54) is 0 Å². The number of likely N-dealkylation sites (tertiary alicyclic amines) is 1. The number of nitrogens with zero attached hydrogens (tertiary/aromatic N) is 3. The molecule has 1 aliphatic rings. The molecule has 0 radical (unpaired) electrons. The van der Waals surface area contributed by atoms with Gasteiger partial charge in [0.1, 0.15) is 5.54 Å². The third-order valence-corrected chi connectivity index (χ3v) is 4.10. The lowest BCUT2D eigenvalue weighted by Crippen LogP contribution is -2.55. The Morgan fingerprint density at radius 2 is 2.32 bits per heavy atom. The molecule has 0 bridgehead atoms. The fraction of sp³-hybridized carbons (Fsp3) is 0.643. The third kappa shape index (κ3) is 3.10. The minimum absolute atomic E-state index is 0.676. The van der Waals surface area contributed by atoms with Crippen molar-refractivity contribution in [2.75, 3.05) is 13.6 Å². The topological polar surface area (TPSA) is 66.3 Å². The standard InChI is InChI=1S/C14H21N3O2/c1-17-10-3-2-6-14(17,13(18)19)7-4-5-12-11-15-8-9-16-12/h8-9,11H,2-7,10H2,1H3,(H,18,19)/t14-/m0/s1. The number of hydrogen-bond donors (Lipinski definition) is 1. The Kier molecular flexibility index (Phi) is 4.47. The Hall–Kier alpha value is -1.49. The smallest absolute Gasteiger partial charge is 0.324 e. The second kappa shape index (κ2) is 6.10. The van der Waals surface area contributed by atoms with Gasteiger partial charge >= 0.3 is 5.97 Å². The van der Waals surface area contributed by atoms with Gasteiger partial charge in [-0.2, -0.15) is 0 Å². The summed E-state index contributed by atoms with van der Waals surface area (Å²) in [5.41, 5.74) is 0.252. The second-order valence-electron chi connectivity index (χ2n) is 5.27. The molecule has 0 unspecified atom stereocenters. The molecule has 1 atom stereocenters. The van der Waals surface area contributed by atoms with E-state index in [9.17, 15) is 9.90 Å². The number of carbonyl (C=O) groups is 1. The minimum atomic E-state index is -0.686. The molecule has 1 N–H and O–H groups in total. The van der Waals surface area contributed by atoms with Crippen LogP contribution in [0.2, 0.25) is 0 Å². The molecule has 0 aromatic carbocycles.